The van der Waals surface area contributed by atoms with Crippen molar-refractivity contribution in [3.8, 4) is 0 Å². The minimum atomic E-state index is -0.555. The number of guanidine groups is 1. The number of carbonyl (C=O) groups is 1. The Morgan fingerprint density at radius 1 is 1.38 bits per heavy atom. The van der Waals surface area contributed by atoms with Crippen molar-refractivity contribution < 1.29 is 9.21 Å². The fourth-order valence-electron chi connectivity index (χ4n) is 3.19. The maximum Gasteiger partial charge on any atom is 0.284 e. The third-order valence-electron chi connectivity index (χ3n) is 4.62. The maximum absolute atomic E-state index is 11.1. The van der Waals surface area contributed by atoms with Crippen molar-refractivity contribution in [1.82, 2.24) is 15.1 Å². The predicted octanol–water partition coefficient (Wildman–Crippen LogP) is 2.13. The fourth-order valence-corrected chi connectivity index (χ4v) is 3.19. The molecular weight excluding hydrogens is 445 g/mol. The van der Waals surface area contributed by atoms with Crippen LogP contribution in [0.4, 0.5) is 0 Å². The zero-order valence-corrected chi connectivity index (χ0v) is 18.4. The fraction of sp³-hybridized carbons (Fsp3) is 0.667. The molecule has 148 valence electrons. The molecule has 0 saturated carbocycles. The highest BCUT2D eigenvalue weighted by Crippen LogP contribution is 2.18. The highest BCUT2D eigenvalue weighted by Gasteiger charge is 2.26. The molecule has 0 spiro atoms. The van der Waals surface area contributed by atoms with E-state index in [1.54, 1.807) is 12.1 Å². The lowest BCUT2D eigenvalue weighted by atomic mass is 10.1. The number of nitrogens with one attached hydrogen (secondary N) is 1. The normalized spacial score (nSPS) is 17.5. The van der Waals surface area contributed by atoms with Crippen LogP contribution in [0.2, 0.25) is 0 Å². The van der Waals surface area contributed by atoms with E-state index >= 15 is 0 Å². The molecule has 1 fully saturated rings. The average Bonchev–Trinajstić information content (AvgIpc) is 3.26. The lowest BCUT2D eigenvalue weighted by Gasteiger charge is -2.24. The molecule has 0 aromatic carbocycles. The Labute approximate surface area is 173 Å². The van der Waals surface area contributed by atoms with Crippen LogP contribution in [0.25, 0.3) is 0 Å². The van der Waals surface area contributed by atoms with E-state index in [1.165, 1.54) is 6.42 Å². The number of primary amides is 1. The van der Waals surface area contributed by atoms with Crippen LogP contribution in [-0.2, 0) is 6.54 Å². The van der Waals surface area contributed by atoms with Gasteiger partial charge in [0, 0.05) is 26.2 Å². The molecule has 0 bridgehead atoms. The highest BCUT2D eigenvalue weighted by molar-refractivity contribution is 14.0. The Bertz CT molecular complexity index is 586. The molecule has 1 aromatic heterocycles. The molecule has 0 aliphatic carbocycles. The molecule has 1 amide bonds. The second kappa shape index (κ2) is 11.4. The molecular formula is C18H32IN5O2. The first-order valence-corrected chi connectivity index (χ1v) is 9.21. The molecule has 2 rings (SSSR count). The maximum atomic E-state index is 11.1. The third kappa shape index (κ3) is 6.46. The molecule has 7 nitrogen and oxygen atoms in total. The van der Waals surface area contributed by atoms with E-state index in [2.05, 4.69) is 40.9 Å². The van der Waals surface area contributed by atoms with Crippen LogP contribution >= 0.6 is 24.0 Å². The van der Waals surface area contributed by atoms with E-state index in [4.69, 9.17) is 10.2 Å². The van der Waals surface area contributed by atoms with E-state index < -0.39 is 5.91 Å². The van der Waals surface area contributed by atoms with E-state index in [9.17, 15) is 4.79 Å². The third-order valence-corrected chi connectivity index (χ3v) is 4.62. The van der Waals surface area contributed by atoms with Crippen molar-refractivity contribution in [2.45, 2.75) is 33.7 Å². The van der Waals surface area contributed by atoms with Gasteiger partial charge >= 0.3 is 0 Å². The Morgan fingerprint density at radius 2 is 2.12 bits per heavy atom. The number of rotatable bonds is 8. The first-order chi connectivity index (χ1) is 12.1. The molecule has 1 atom stereocenters. The van der Waals surface area contributed by atoms with Gasteiger partial charge in [0.1, 0.15) is 12.3 Å². The molecule has 2 heterocycles. The van der Waals surface area contributed by atoms with Crippen molar-refractivity contribution in [1.29, 1.82) is 0 Å². The predicted molar refractivity (Wildman–Crippen MR) is 115 cm³/mol. The van der Waals surface area contributed by atoms with Crippen molar-refractivity contribution in [3.05, 3.63) is 23.7 Å². The smallest absolute Gasteiger partial charge is 0.284 e. The summed E-state index contributed by atoms with van der Waals surface area (Å²) in [6.45, 7) is 13.1. The minimum absolute atomic E-state index is 0. The minimum Gasteiger partial charge on any atom is -0.454 e. The number of furan rings is 1. The summed E-state index contributed by atoms with van der Waals surface area (Å²) in [5.74, 6) is 1.84. The first-order valence-electron chi connectivity index (χ1n) is 9.21. The Hall–Kier alpha value is -1.29. The molecule has 26 heavy (non-hydrogen) atoms. The van der Waals surface area contributed by atoms with Crippen LogP contribution in [-0.4, -0.2) is 60.9 Å². The SMILES string of the molecule is CCNC(=NCc1ccc(C(N)=O)o1)N1CCC(CN(CC)CC)C1.I. The largest absolute Gasteiger partial charge is 0.454 e. The monoisotopic (exact) mass is 477 g/mol. The van der Waals surface area contributed by atoms with Gasteiger partial charge in [-0.25, -0.2) is 4.99 Å². The zero-order valence-electron chi connectivity index (χ0n) is 16.0. The van der Waals surface area contributed by atoms with Crippen molar-refractivity contribution >= 4 is 35.8 Å². The molecule has 8 heteroatoms. The van der Waals surface area contributed by atoms with Gasteiger partial charge in [0.05, 0.1) is 0 Å². The van der Waals surface area contributed by atoms with Gasteiger partial charge in [-0.2, -0.15) is 0 Å². The number of hydrogen-bond acceptors (Lipinski definition) is 4. The number of nitrogens with two attached hydrogens (primary N) is 1. The number of hydrogen-bond donors (Lipinski definition) is 2. The second-order valence-corrected chi connectivity index (χ2v) is 6.39. The Morgan fingerprint density at radius 3 is 2.69 bits per heavy atom. The molecule has 3 N–H and O–H groups in total. The summed E-state index contributed by atoms with van der Waals surface area (Å²) in [4.78, 5) is 20.6. The van der Waals surface area contributed by atoms with Gasteiger partial charge in [-0.1, -0.05) is 13.8 Å². The van der Waals surface area contributed by atoms with Crippen molar-refractivity contribution in [2.75, 3.05) is 39.3 Å². The van der Waals surface area contributed by atoms with Crippen LogP contribution in [0, 0.1) is 5.92 Å². The molecule has 0 radical (unpaired) electrons. The summed E-state index contributed by atoms with van der Waals surface area (Å²) in [6.07, 6.45) is 1.19. The highest BCUT2D eigenvalue weighted by atomic mass is 127. The van der Waals surface area contributed by atoms with Crippen molar-refractivity contribution in [3.63, 3.8) is 0 Å². The van der Waals surface area contributed by atoms with Gasteiger partial charge < -0.3 is 25.3 Å². The number of amides is 1. The van der Waals surface area contributed by atoms with E-state index in [-0.39, 0.29) is 29.7 Å². The van der Waals surface area contributed by atoms with E-state index in [1.807, 2.05) is 0 Å². The molecule has 1 saturated heterocycles. The Kier molecular flexibility index (Phi) is 10.0. The number of carbonyl (C=O) groups excluding carboxylic acids is 1. The first kappa shape index (κ1) is 22.8. The number of aliphatic imine (C=N–C) groups is 1. The molecule has 1 aliphatic heterocycles. The summed E-state index contributed by atoms with van der Waals surface area (Å²) < 4.78 is 5.40. The summed E-state index contributed by atoms with van der Waals surface area (Å²) in [6, 6.07) is 3.34. The van der Waals surface area contributed by atoms with Gasteiger partial charge in [0.15, 0.2) is 11.7 Å². The Balaban J connectivity index is 0.00000338. The van der Waals surface area contributed by atoms with Crippen molar-refractivity contribution in [2.24, 2.45) is 16.6 Å². The molecule has 1 unspecified atom stereocenters. The molecule has 1 aliphatic rings. The summed E-state index contributed by atoms with van der Waals surface area (Å²) in [7, 11) is 0. The number of likely N-dealkylation sites (tertiary alicyclic amines) is 1. The van der Waals surface area contributed by atoms with Gasteiger partial charge in [0.2, 0.25) is 0 Å². The topological polar surface area (TPSA) is 87.1 Å². The lowest BCUT2D eigenvalue weighted by molar-refractivity contribution is 0.0972. The van der Waals surface area contributed by atoms with Crippen LogP contribution in [0.1, 0.15) is 43.5 Å². The van der Waals surface area contributed by atoms with Crippen LogP contribution in [0.3, 0.4) is 0 Å². The summed E-state index contributed by atoms with van der Waals surface area (Å²) in [5, 5.41) is 3.36. The van der Waals surface area contributed by atoms with Gasteiger partial charge in [-0.05, 0) is 44.5 Å². The van der Waals surface area contributed by atoms with Gasteiger partial charge in [-0.3, -0.25) is 4.79 Å². The summed E-state index contributed by atoms with van der Waals surface area (Å²) >= 11 is 0. The van der Waals surface area contributed by atoms with Crippen LogP contribution in [0.15, 0.2) is 21.5 Å². The molecule has 1 aromatic rings. The van der Waals surface area contributed by atoms with E-state index in [0.717, 1.165) is 45.2 Å². The quantitative estimate of drug-likeness (QED) is 0.341. The standard InChI is InChI=1S/C18H31N5O2.HI/c1-4-20-18(21-11-15-7-8-16(25-15)17(19)24)23-10-9-14(13-23)12-22(5-2)6-3;/h7-8,14H,4-6,9-13H2,1-3H3,(H2,19,24)(H,20,21);1H. The van der Waals surface area contributed by atoms with Crippen LogP contribution in [0.5, 0.6) is 0 Å². The lowest BCUT2D eigenvalue weighted by Crippen LogP contribution is -2.40. The van der Waals surface area contributed by atoms with E-state index in [0.29, 0.717) is 18.2 Å². The van der Waals surface area contributed by atoms with Crippen LogP contribution < -0.4 is 11.1 Å². The zero-order chi connectivity index (χ0) is 18.2. The second-order valence-electron chi connectivity index (χ2n) is 6.39. The number of halogens is 1. The van der Waals surface area contributed by atoms with Gasteiger partial charge in [-0.15, -0.1) is 24.0 Å². The summed E-state index contributed by atoms with van der Waals surface area (Å²) in [5.41, 5.74) is 5.22. The number of nitrogens with zero attached hydrogens (tertiary/aromatic N) is 3. The van der Waals surface area contributed by atoms with Gasteiger partial charge in [0.25, 0.3) is 5.91 Å². The average molecular weight is 477 g/mol.